The van der Waals surface area contributed by atoms with E-state index in [2.05, 4.69) is 37.5 Å². The standard InChI is InChI=1S/C12H14IN3O2S/c1-7-4-5-10(6-11(7)13)16-19(17,18)12-8(2)14-15-9(12)3/h4-6,16H,1-3H3,(H,14,15). The Hall–Kier alpha value is -1.09. The predicted octanol–water partition coefficient (Wildman–Crippen LogP) is 2.74. The molecule has 0 aliphatic carbocycles. The molecule has 0 spiro atoms. The molecule has 102 valence electrons. The Bertz CT molecular complexity index is 703. The SMILES string of the molecule is Cc1ccc(NS(=O)(=O)c2c(C)n[nH]c2C)cc1I. The molecule has 0 aliphatic heterocycles. The van der Waals surface area contributed by atoms with Gasteiger partial charge in [-0.05, 0) is 61.1 Å². The van der Waals surface area contributed by atoms with Crippen molar-refractivity contribution in [3.05, 3.63) is 38.7 Å². The second-order valence-corrected chi connectivity index (χ2v) is 7.11. The molecule has 2 aromatic rings. The summed E-state index contributed by atoms with van der Waals surface area (Å²) in [6, 6.07) is 5.44. The van der Waals surface area contributed by atoms with Gasteiger partial charge in [-0.25, -0.2) is 8.42 Å². The maximum absolute atomic E-state index is 12.3. The van der Waals surface area contributed by atoms with E-state index in [1.54, 1.807) is 26.0 Å². The van der Waals surface area contributed by atoms with Crippen molar-refractivity contribution in [1.82, 2.24) is 10.2 Å². The maximum atomic E-state index is 12.3. The van der Waals surface area contributed by atoms with Gasteiger partial charge in [0.15, 0.2) is 0 Å². The van der Waals surface area contributed by atoms with Gasteiger partial charge in [-0.2, -0.15) is 5.10 Å². The molecule has 1 aromatic heterocycles. The largest absolute Gasteiger partial charge is 0.281 e. The minimum absolute atomic E-state index is 0.211. The fourth-order valence-electron chi connectivity index (χ4n) is 1.80. The molecule has 2 rings (SSSR count). The average Bonchev–Trinajstić information content (AvgIpc) is 2.64. The van der Waals surface area contributed by atoms with Gasteiger partial charge in [0.2, 0.25) is 0 Å². The summed E-state index contributed by atoms with van der Waals surface area (Å²) in [5.74, 6) is 0. The molecule has 0 aliphatic rings. The summed E-state index contributed by atoms with van der Waals surface area (Å²) in [5.41, 5.74) is 2.66. The fraction of sp³-hybridized carbons (Fsp3) is 0.250. The van der Waals surface area contributed by atoms with Gasteiger partial charge in [0.25, 0.3) is 10.0 Å². The van der Waals surface area contributed by atoms with E-state index in [0.29, 0.717) is 17.1 Å². The minimum Gasteiger partial charge on any atom is -0.281 e. The molecule has 0 atom stereocenters. The smallest absolute Gasteiger partial charge is 0.265 e. The number of rotatable bonds is 3. The van der Waals surface area contributed by atoms with E-state index in [1.165, 1.54) is 0 Å². The highest BCUT2D eigenvalue weighted by Crippen LogP contribution is 2.23. The summed E-state index contributed by atoms with van der Waals surface area (Å²) in [5, 5.41) is 6.59. The average molecular weight is 391 g/mol. The number of halogens is 1. The second kappa shape index (κ2) is 5.12. The second-order valence-electron chi connectivity index (χ2n) is 4.33. The molecule has 0 fully saturated rings. The lowest BCUT2D eigenvalue weighted by Gasteiger charge is -2.09. The normalized spacial score (nSPS) is 11.6. The molecular weight excluding hydrogens is 377 g/mol. The highest BCUT2D eigenvalue weighted by molar-refractivity contribution is 14.1. The number of anilines is 1. The van der Waals surface area contributed by atoms with Crippen LogP contribution >= 0.6 is 22.6 Å². The number of benzene rings is 1. The topological polar surface area (TPSA) is 74.8 Å². The highest BCUT2D eigenvalue weighted by Gasteiger charge is 2.22. The first-order valence-electron chi connectivity index (χ1n) is 5.62. The van der Waals surface area contributed by atoms with Crippen LogP contribution in [0.25, 0.3) is 0 Å². The molecule has 0 unspecified atom stereocenters. The number of sulfonamides is 1. The molecule has 0 saturated heterocycles. The van der Waals surface area contributed by atoms with E-state index in [0.717, 1.165) is 9.13 Å². The zero-order valence-electron chi connectivity index (χ0n) is 10.8. The lowest BCUT2D eigenvalue weighted by atomic mass is 10.2. The van der Waals surface area contributed by atoms with Crippen LogP contribution in [0.4, 0.5) is 5.69 Å². The van der Waals surface area contributed by atoms with Crippen molar-refractivity contribution in [3.8, 4) is 0 Å². The summed E-state index contributed by atoms with van der Waals surface area (Å²) < 4.78 is 28.2. The van der Waals surface area contributed by atoms with Gasteiger partial charge in [0, 0.05) is 9.26 Å². The zero-order chi connectivity index (χ0) is 14.2. The lowest BCUT2D eigenvalue weighted by Crippen LogP contribution is -2.14. The van der Waals surface area contributed by atoms with Gasteiger partial charge in [0.05, 0.1) is 11.4 Å². The number of aromatic nitrogens is 2. The van der Waals surface area contributed by atoms with Gasteiger partial charge in [-0.15, -0.1) is 0 Å². The van der Waals surface area contributed by atoms with Crippen molar-refractivity contribution in [2.45, 2.75) is 25.7 Å². The molecule has 5 nitrogen and oxygen atoms in total. The van der Waals surface area contributed by atoms with Crippen molar-refractivity contribution in [1.29, 1.82) is 0 Å². The van der Waals surface area contributed by atoms with Crippen molar-refractivity contribution < 1.29 is 8.42 Å². The van der Waals surface area contributed by atoms with E-state index in [9.17, 15) is 8.42 Å². The van der Waals surface area contributed by atoms with Crippen LogP contribution in [0.1, 0.15) is 17.0 Å². The van der Waals surface area contributed by atoms with E-state index in [-0.39, 0.29) is 4.90 Å². The number of hydrogen-bond donors (Lipinski definition) is 2. The van der Waals surface area contributed by atoms with Crippen LogP contribution in [0, 0.1) is 24.3 Å². The number of aromatic amines is 1. The van der Waals surface area contributed by atoms with E-state index >= 15 is 0 Å². The highest BCUT2D eigenvalue weighted by atomic mass is 127. The van der Waals surface area contributed by atoms with Gasteiger partial charge in [-0.3, -0.25) is 9.82 Å². The van der Waals surface area contributed by atoms with Crippen LogP contribution in [0.15, 0.2) is 23.1 Å². The van der Waals surface area contributed by atoms with Gasteiger partial charge in [-0.1, -0.05) is 6.07 Å². The van der Waals surface area contributed by atoms with E-state index < -0.39 is 10.0 Å². The third-order valence-electron chi connectivity index (χ3n) is 2.75. The summed E-state index contributed by atoms with van der Waals surface area (Å²) >= 11 is 2.18. The first kappa shape index (κ1) is 14.3. The van der Waals surface area contributed by atoms with Crippen molar-refractivity contribution in [2.24, 2.45) is 0 Å². The summed E-state index contributed by atoms with van der Waals surface area (Å²) in [7, 11) is -3.61. The minimum atomic E-state index is -3.61. The van der Waals surface area contributed by atoms with Crippen LogP contribution < -0.4 is 4.72 Å². The van der Waals surface area contributed by atoms with Crippen LogP contribution in [-0.2, 0) is 10.0 Å². The van der Waals surface area contributed by atoms with Gasteiger partial charge in [0.1, 0.15) is 4.90 Å². The Balaban J connectivity index is 2.39. The summed E-state index contributed by atoms with van der Waals surface area (Å²) in [6.45, 7) is 5.33. The number of nitrogens with zero attached hydrogens (tertiary/aromatic N) is 1. The van der Waals surface area contributed by atoms with Crippen LogP contribution in [-0.4, -0.2) is 18.6 Å². The predicted molar refractivity (Wildman–Crippen MR) is 82.8 cm³/mol. The zero-order valence-corrected chi connectivity index (χ0v) is 13.8. The Kier molecular flexibility index (Phi) is 3.86. The lowest BCUT2D eigenvalue weighted by molar-refractivity contribution is 0.600. The number of aryl methyl sites for hydroxylation is 3. The molecule has 0 saturated carbocycles. The van der Waals surface area contributed by atoms with Gasteiger partial charge >= 0.3 is 0 Å². The first-order valence-corrected chi connectivity index (χ1v) is 8.18. The van der Waals surface area contributed by atoms with Crippen molar-refractivity contribution in [2.75, 3.05) is 4.72 Å². The molecule has 0 radical (unpaired) electrons. The number of hydrogen-bond acceptors (Lipinski definition) is 3. The molecule has 0 bridgehead atoms. The Morgan fingerprint density at radius 3 is 2.47 bits per heavy atom. The molecule has 0 amide bonds. The number of nitrogens with one attached hydrogen (secondary N) is 2. The molecular formula is C12H14IN3O2S. The Labute approximate surface area is 126 Å². The Morgan fingerprint density at radius 1 is 1.26 bits per heavy atom. The summed E-state index contributed by atoms with van der Waals surface area (Å²) in [6.07, 6.45) is 0. The third kappa shape index (κ3) is 2.92. The van der Waals surface area contributed by atoms with Gasteiger partial charge < -0.3 is 0 Å². The number of H-pyrrole nitrogens is 1. The van der Waals surface area contributed by atoms with Crippen LogP contribution in [0.2, 0.25) is 0 Å². The molecule has 2 N–H and O–H groups in total. The van der Waals surface area contributed by atoms with E-state index in [1.807, 2.05) is 13.0 Å². The first-order chi connectivity index (χ1) is 8.81. The molecule has 19 heavy (non-hydrogen) atoms. The quantitative estimate of drug-likeness (QED) is 0.791. The monoisotopic (exact) mass is 391 g/mol. The fourth-order valence-corrected chi connectivity index (χ4v) is 3.74. The molecule has 1 heterocycles. The summed E-state index contributed by atoms with van der Waals surface area (Å²) in [4.78, 5) is 0.211. The molecule has 1 aromatic carbocycles. The van der Waals surface area contributed by atoms with Crippen molar-refractivity contribution >= 4 is 38.3 Å². The molecule has 7 heteroatoms. The third-order valence-corrected chi connectivity index (χ3v) is 5.56. The van der Waals surface area contributed by atoms with Crippen LogP contribution in [0.3, 0.4) is 0 Å². The maximum Gasteiger partial charge on any atom is 0.265 e. The van der Waals surface area contributed by atoms with E-state index in [4.69, 9.17) is 0 Å². The van der Waals surface area contributed by atoms with Crippen LogP contribution in [0.5, 0.6) is 0 Å². The Morgan fingerprint density at radius 2 is 1.95 bits per heavy atom. The van der Waals surface area contributed by atoms with Crippen molar-refractivity contribution in [3.63, 3.8) is 0 Å².